The molecule has 0 radical (unpaired) electrons. The molecule has 2 aromatic carbocycles. The summed E-state index contributed by atoms with van der Waals surface area (Å²) in [5.74, 6) is 0.753. The molecule has 0 saturated heterocycles. The van der Waals surface area contributed by atoms with Gasteiger partial charge in [0, 0.05) is 19.7 Å². The third-order valence-corrected chi connectivity index (χ3v) is 7.13. The van der Waals surface area contributed by atoms with Gasteiger partial charge in [0.25, 0.3) is 5.91 Å². The lowest BCUT2D eigenvalue weighted by molar-refractivity contribution is -0.123. The molecule has 1 unspecified atom stereocenters. The molecule has 2 N–H and O–H groups in total. The highest BCUT2D eigenvalue weighted by atomic mass is 32.2. The highest BCUT2D eigenvalue weighted by Gasteiger charge is 2.30. The van der Waals surface area contributed by atoms with Gasteiger partial charge < -0.3 is 24.8 Å². The number of nitrogens with zero attached hydrogens (tertiary/aromatic N) is 1. The fraction of sp³-hybridized carbons (Fsp3) is 0.333. The summed E-state index contributed by atoms with van der Waals surface area (Å²) in [7, 11) is -2.64. The van der Waals surface area contributed by atoms with Crippen molar-refractivity contribution in [2.75, 3.05) is 25.7 Å². The number of nitrogens with one attached hydrogen (secondary N) is 2. The van der Waals surface area contributed by atoms with Gasteiger partial charge in [-0.15, -0.1) is 0 Å². The molecule has 2 aliphatic heterocycles. The Morgan fingerprint density at radius 1 is 1.19 bits per heavy atom. The largest absolute Gasteiger partial charge is 0.479 e. The maximum absolute atomic E-state index is 13.1. The predicted molar refractivity (Wildman–Crippen MR) is 114 cm³/mol. The lowest BCUT2D eigenvalue weighted by atomic mass is 10.1. The monoisotopic (exact) mass is 461 g/mol. The van der Waals surface area contributed by atoms with E-state index in [-0.39, 0.29) is 36.4 Å². The Hall–Kier alpha value is -3.31. The Bertz CT molecular complexity index is 1200. The van der Waals surface area contributed by atoms with E-state index in [4.69, 9.17) is 14.2 Å². The molecular formula is C21H23N3O7S. The van der Waals surface area contributed by atoms with Crippen molar-refractivity contribution in [2.24, 2.45) is 0 Å². The summed E-state index contributed by atoms with van der Waals surface area (Å²) in [6, 6.07) is 8.23. The fourth-order valence-electron chi connectivity index (χ4n) is 3.38. The van der Waals surface area contributed by atoms with Gasteiger partial charge in [-0.05, 0) is 43.2 Å². The van der Waals surface area contributed by atoms with Crippen LogP contribution >= 0.6 is 0 Å². The predicted octanol–water partition coefficient (Wildman–Crippen LogP) is 1.38. The molecule has 0 spiro atoms. The fourth-order valence-corrected chi connectivity index (χ4v) is 4.73. The summed E-state index contributed by atoms with van der Waals surface area (Å²) in [5.41, 5.74) is 1.63. The zero-order valence-electron chi connectivity index (χ0n) is 17.8. The third kappa shape index (κ3) is 4.21. The Kier molecular flexibility index (Phi) is 5.70. The van der Waals surface area contributed by atoms with Crippen LogP contribution in [0.2, 0.25) is 0 Å². The minimum absolute atomic E-state index is 0.00525. The van der Waals surface area contributed by atoms with Gasteiger partial charge in [-0.25, -0.2) is 8.42 Å². The molecule has 2 aromatic rings. The molecule has 0 aliphatic carbocycles. The van der Waals surface area contributed by atoms with E-state index >= 15 is 0 Å². The van der Waals surface area contributed by atoms with Gasteiger partial charge in [-0.1, -0.05) is 6.07 Å². The number of carbonyl (C=O) groups is 2. The van der Waals surface area contributed by atoms with E-state index in [9.17, 15) is 18.0 Å². The van der Waals surface area contributed by atoms with Crippen LogP contribution in [0.1, 0.15) is 18.1 Å². The van der Waals surface area contributed by atoms with Crippen molar-refractivity contribution < 1.29 is 32.2 Å². The number of hydrogen-bond acceptors (Lipinski definition) is 7. The maximum atomic E-state index is 13.1. The number of carbonyl (C=O) groups excluding carboxylic acids is 2. The van der Waals surface area contributed by atoms with E-state index < -0.39 is 22.0 Å². The highest BCUT2D eigenvalue weighted by Crippen LogP contribution is 2.35. The van der Waals surface area contributed by atoms with Crippen molar-refractivity contribution in [1.82, 2.24) is 9.62 Å². The molecule has 2 heterocycles. The normalized spacial score (nSPS) is 16.9. The Labute approximate surface area is 185 Å². The first-order chi connectivity index (χ1) is 15.1. The smallest absolute Gasteiger partial charge is 0.265 e. The van der Waals surface area contributed by atoms with Crippen LogP contribution in [-0.4, -0.2) is 51.0 Å². The maximum Gasteiger partial charge on any atom is 0.265 e. The number of hydrogen-bond donors (Lipinski definition) is 2. The molecule has 2 amide bonds. The molecule has 4 rings (SSSR count). The minimum Gasteiger partial charge on any atom is -0.479 e. The molecular weight excluding hydrogens is 438 g/mol. The molecule has 170 valence electrons. The quantitative estimate of drug-likeness (QED) is 0.666. The zero-order valence-corrected chi connectivity index (χ0v) is 18.6. The highest BCUT2D eigenvalue weighted by molar-refractivity contribution is 7.89. The molecule has 10 nitrogen and oxygen atoms in total. The topological polar surface area (TPSA) is 123 Å². The first kappa shape index (κ1) is 21.9. The molecule has 32 heavy (non-hydrogen) atoms. The SMILES string of the molecule is Cc1cc2c(cc1S(=O)(=O)N(C)CC(=O)NCc1ccc3c(c1)OCO3)OC(C)C(=O)N2. The first-order valence-electron chi connectivity index (χ1n) is 9.89. The van der Waals surface area contributed by atoms with Crippen LogP contribution in [0.25, 0.3) is 0 Å². The molecule has 2 aliphatic rings. The van der Waals surface area contributed by atoms with Crippen molar-refractivity contribution in [2.45, 2.75) is 31.4 Å². The van der Waals surface area contributed by atoms with Gasteiger partial charge in [0.05, 0.1) is 17.1 Å². The van der Waals surface area contributed by atoms with Gasteiger partial charge in [-0.3, -0.25) is 9.59 Å². The molecule has 0 bridgehead atoms. The van der Waals surface area contributed by atoms with Gasteiger partial charge in [0.1, 0.15) is 5.75 Å². The van der Waals surface area contributed by atoms with Crippen LogP contribution in [0.3, 0.4) is 0 Å². The van der Waals surface area contributed by atoms with Crippen molar-refractivity contribution in [3.8, 4) is 17.2 Å². The number of fused-ring (bicyclic) bond motifs is 2. The van der Waals surface area contributed by atoms with Crippen molar-refractivity contribution >= 4 is 27.5 Å². The summed E-state index contributed by atoms with van der Waals surface area (Å²) >= 11 is 0. The van der Waals surface area contributed by atoms with Crippen molar-refractivity contribution in [3.63, 3.8) is 0 Å². The number of likely N-dealkylation sites (N-methyl/N-ethyl adjacent to an activating group) is 1. The second kappa shape index (κ2) is 8.32. The average molecular weight is 461 g/mol. The van der Waals surface area contributed by atoms with Crippen LogP contribution in [-0.2, 0) is 26.2 Å². The van der Waals surface area contributed by atoms with E-state index in [1.807, 2.05) is 0 Å². The standard InChI is InChI=1S/C21H23N3O7S/c1-12-6-15-17(31-13(2)21(26)23-15)8-19(12)32(27,28)24(3)10-20(25)22-9-14-4-5-16-18(7-14)30-11-29-16/h4-8,13H,9-11H2,1-3H3,(H,22,25)(H,23,26). The second-order valence-electron chi connectivity index (χ2n) is 7.59. The van der Waals surface area contributed by atoms with Crippen LogP contribution < -0.4 is 24.8 Å². The summed E-state index contributed by atoms with van der Waals surface area (Å²) in [5, 5.41) is 5.39. The van der Waals surface area contributed by atoms with E-state index in [1.54, 1.807) is 38.1 Å². The van der Waals surface area contributed by atoms with Crippen LogP contribution in [0.15, 0.2) is 35.2 Å². The van der Waals surface area contributed by atoms with Crippen molar-refractivity contribution in [1.29, 1.82) is 0 Å². The Morgan fingerprint density at radius 2 is 1.94 bits per heavy atom. The number of ether oxygens (including phenoxy) is 3. The van der Waals surface area contributed by atoms with Crippen LogP contribution in [0.4, 0.5) is 5.69 Å². The number of benzene rings is 2. The van der Waals surface area contributed by atoms with Gasteiger partial charge >= 0.3 is 0 Å². The lowest BCUT2D eigenvalue weighted by Gasteiger charge is -2.25. The van der Waals surface area contributed by atoms with Crippen molar-refractivity contribution in [3.05, 3.63) is 41.5 Å². The Morgan fingerprint density at radius 3 is 2.72 bits per heavy atom. The van der Waals surface area contributed by atoms with Crippen LogP contribution in [0.5, 0.6) is 17.2 Å². The van der Waals surface area contributed by atoms with E-state index in [0.717, 1.165) is 9.87 Å². The number of rotatable bonds is 6. The summed E-state index contributed by atoms with van der Waals surface area (Å²) in [4.78, 5) is 24.2. The van der Waals surface area contributed by atoms with Gasteiger partial charge in [-0.2, -0.15) is 4.31 Å². The minimum atomic E-state index is -3.98. The molecule has 11 heteroatoms. The lowest BCUT2D eigenvalue weighted by Crippen LogP contribution is -2.38. The third-order valence-electron chi connectivity index (χ3n) is 5.19. The summed E-state index contributed by atoms with van der Waals surface area (Å²) in [6.07, 6.45) is -0.736. The van der Waals surface area contributed by atoms with E-state index in [2.05, 4.69) is 10.6 Å². The molecule has 0 saturated carbocycles. The molecule has 0 aromatic heterocycles. The number of amides is 2. The number of aryl methyl sites for hydroxylation is 1. The van der Waals surface area contributed by atoms with E-state index in [1.165, 1.54) is 13.1 Å². The van der Waals surface area contributed by atoms with Gasteiger partial charge in [0.2, 0.25) is 22.7 Å². The number of anilines is 1. The number of sulfonamides is 1. The Balaban J connectivity index is 1.43. The molecule has 1 atom stereocenters. The molecule has 0 fully saturated rings. The second-order valence-corrected chi connectivity index (χ2v) is 9.60. The average Bonchev–Trinajstić information content (AvgIpc) is 3.21. The van der Waals surface area contributed by atoms with E-state index in [0.29, 0.717) is 22.7 Å². The zero-order chi connectivity index (χ0) is 23.0. The van der Waals surface area contributed by atoms with Gasteiger partial charge in [0.15, 0.2) is 17.6 Å². The van der Waals surface area contributed by atoms with Crippen LogP contribution in [0, 0.1) is 6.92 Å². The summed E-state index contributed by atoms with van der Waals surface area (Å²) in [6.45, 7) is 3.20. The first-order valence-corrected chi connectivity index (χ1v) is 11.3. The summed E-state index contributed by atoms with van der Waals surface area (Å²) < 4.78 is 43.3.